The standard InChI is InChI=1S/C16H29N.CN/c1-3-4-5-6-7-8-9-10-11-13-17-14-12-16(2)15-17;1-2/h12,14-15H,3-11,13H2,1-2H3;/q;-1/p+1. The molecule has 0 spiro atoms. The number of hydrogen-bond donors (Lipinski definition) is 1. The minimum atomic E-state index is 1.28. The normalized spacial score (nSPS) is 16.8. The fourth-order valence-electron chi connectivity index (χ4n) is 2.42. The van der Waals surface area contributed by atoms with Crippen LogP contribution in [0.2, 0.25) is 0 Å². The van der Waals surface area contributed by atoms with Gasteiger partial charge in [0, 0.05) is 5.57 Å². The average Bonchev–Trinajstić information content (AvgIpc) is 2.85. The average molecular weight is 262 g/mol. The summed E-state index contributed by atoms with van der Waals surface area (Å²) in [6.07, 6.45) is 19.6. The molecule has 1 aliphatic heterocycles. The molecule has 2 heteroatoms. The minimum Gasteiger partial charge on any atom is -0.512 e. The minimum absolute atomic E-state index is 1.28. The van der Waals surface area contributed by atoms with Crippen molar-refractivity contribution in [3.8, 4) is 0 Å². The third-order valence-electron chi connectivity index (χ3n) is 3.54. The first-order chi connectivity index (χ1) is 9.33. The van der Waals surface area contributed by atoms with E-state index in [0.29, 0.717) is 0 Å². The summed E-state index contributed by atoms with van der Waals surface area (Å²) in [6, 6.07) is 0. The van der Waals surface area contributed by atoms with E-state index < -0.39 is 0 Å². The molecule has 1 N–H and O–H groups in total. The number of unbranched alkanes of at least 4 members (excludes halogenated alkanes) is 8. The van der Waals surface area contributed by atoms with E-state index in [1.165, 1.54) is 74.8 Å². The molecule has 108 valence electrons. The molecule has 1 aliphatic rings. The number of hydrogen-bond acceptors (Lipinski definition) is 1. The van der Waals surface area contributed by atoms with Gasteiger partial charge in [-0.15, -0.1) is 0 Å². The Kier molecular flexibility index (Phi) is 12.6. The van der Waals surface area contributed by atoms with Crippen molar-refractivity contribution in [3.05, 3.63) is 30.6 Å². The van der Waals surface area contributed by atoms with E-state index in [1.54, 1.807) is 0 Å². The van der Waals surface area contributed by atoms with E-state index in [1.807, 2.05) is 0 Å². The van der Waals surface area contributed by atoms with Crippen LogP contribution in [0.1, 0.15) is 71.6 Å². The highest BCUT2D eigenvalue weighted by Crippen LogP contribution is 2.09. The Morgan fingerprint density at radius 2 is 1.47 bits per heavy atom. The monoisotopic (exact) mass is 262 g/mol. The van der Waals surface area contributed by atoms with Crippen LogP contribution in [0.4, 0.5) is 0 Å². The van der Waals surface area contributed by atoms with Crippen LogP contribution in [-0.4, -0.2) is 6.54 Å². The number of nitrogens with zero attached hydrogens (tertiary/aromatic N) is 1. The first-order valence-corrected chi connectivity index (χ1v) is 7.77. The van der Waals surface area contributed by atoms with Crippen molar-refractivity contribution in [2.45, 2.75) is 71.6 Å². The molecule has 0 bridgehead atoms. The van der Waals surface area contributed by atoms with Crippen LogP contribution >= 0.6 is 0 Å². The Balaban J connectivity index is 0.00000154. The van der Waals surface area contributed by atoms with Gasteiger partial charge >= 0.3 is 0 Å². The van der Waals surface area contributed by atoms with Crippen LogP contribution in [0.25, 0.3) is 0 Å². The van der Waals surface area contributed by atoms with Crippen LogP contribution in [-0.2, 0) is 0 Å². The fraction of sp³-hybridized carbons (Fsp3) is 0.706. The fourth-order valence-corrected chi connectivity index (χ4v) is 2.42. The van der Waals surface area contributed by atoms with Gasteiger partial charge in [0.05, 0.1) is 12.7 Å². The predicted octanol–water partition coefficient (Wildman–Crippen LogP) is 3.93. The van der Waals surface area contributed by atoms with Crippen molar-refractivity contribution < 1.29 is 4.90 Å². The maximum atomic E-state index is 6.25. The van der Waals surface area contributed by atoms with Crippen LogP contribution in [0.3, 0.4) is 0 Å². The summed E-state index contributed by atoms with van der Waals surface area (Å²) in [5, 5.41) is 6.25. The molecule has 0 aromatic carbocycles. The summed E-state index contributed by atoms with van der Waals surface area (Å²) in [7, 11) is 0. The largest absolute Gasteiger partial charge is 0.512 e. The summed E-state index contributed by atoms with van der Waals surface area (Å²) < 4.78 is 0. The SMILES string of the molecule is CCCCCCCCCCC[NH+]1C=CC(C)=C1.[C-]#N. The summed E-state index contributed by atoms with van der Waals surface area (Å²) >= 11 is 0. The zero-order valence-electron chi connectivity index (χ0n) is 12.8. The van der Waals surface area contributed by atoms with Gasteiger partial charge in [-0.05, 0) is 25.8 Å². The van der Waals surface area contributed by atoms with Gasteiger partial charge in [-0.1, -0.05) is 51.9 Å². The maximum absolute atomic E-state index is 6.25. The van der Waals surface area contributed by atoms with Crippen molar-refractivity contribution >= 4 is 0 Å². The van der Waals surface area contributed by atoms with Gasteiger partial charge in [-0.2, -0.15) is 0 Å². The molecule has 1 unspecified atom stereocenters. The predicted molar refractivity (Wildman–Crippen MR) is 80.9 cm³/mol. The van der Waals surface area contributed by atoms with Gasteiger partial charge < -0.3 is 11.8 Å². The van der Waals surface area contributed by atoms with Crippen molar-refractivity contribution in [3.63, 3.8) is 0 Å². The lowest BCUT2D eigenvalue weighted by atomic mass is 10.1. The van der Waals surface area contributed by atoms with Crippen molar-refractivity contribution in [2.24, 2.45) is 0 Å². The van der Waals surface area contributed by atoms with Gasteiger partial charge in [0.15, 0.2) is 0 Å². The Labute approximate surface area is 119 Å². The Bertz CT molecular complexity index is 276. The molecule has 19 heavy (non-hydrogen) atoms. The summed E-state index contributed by atoms with van der Waals surface area (Å²) in [4.78, 5) is 1.53. The Morgan fingerprint density at radius 3 is 1.95 bits per heavy atom. The molecular formula is C17H30N2. The van der Waals surface area contributed by atoms with Crippen LogP contribution in [0.5, 0.6) is 0 Å². The van der Waals surface area contributed by atoms with E-state index in [0.717, 1.165) is 0 Å². The maximum Gasteiger partial charge on any atom is 0.102 e. The lowest BCUT2D eigenvalue weighted by Crippen LogP contribution is -3.01. The van der Waals surface area contributed by atoms with E-state index in [4.69, 9.17) is 11.8 Å². The molecule has 1 heterocycles. The van der Waals surface area contributed by atoms with Crippen LogP contribution < -0.4 is 4.90 Å². The molecule has 0 fully saturated rings. The van der Waals surface area contributed by atoms with Crippen molar-refractivity contribution in [1.82, 2.24) is 0 Å². The highest BCUT2D eigenvalue weighted by molar-refractivity contribution is 5.14. The zero-order chi connectivity index (χ0) is 14.3. The van der Waals surface area contributed by atoms with E-state index in [2.05, 4.69) is 32.3 Å². The number of nitrogens with one attached hydrogen (secondary N) is 1. The third-order valence-corrected chi connectivity index (χ3v) is 3.54. The van der Waals surface area contributed by atoms with E-state index in [9.17, 15) is 0 Å². The van der Waals surface area contributed by atoms with Gasteiger partial charge in [0.25, 0.3) is 0 Å². The van der Waals surface area contributed by atoms with Gasteiger partial charge in [0.1, 0.15) is 6.20 Å². The van der Waals surface area contributed by atoms with Crippen LogP contribution in [0.15, 0.2) is 24.0 Å². The molecule has 0 aromatic rings. The summed E-state index contributed by atoms with van der Waals surface area (Å²) in [6.45, 7) is 10.5. The number of rotatable bonds is 10. The highest BCUT2D eigenvalue weighted by Gasteiger charge is 2.06. The third kappa shape index (κ3) is 10.5. The molecule has 1 rings (SSSR count). The lowest BCUT2D eigenvalue weighted by Gasteiger charge is -2.06. The Hall–Kier alpha value is -1.07. The second-order valence-electron chi connectivity index (χ2n) is 5.38. The second-order valence-corrected chi connectivity index (χ2v) is 5.38. The Morgan fingerprint density at radius 1 is 0.947 bits per heavy atom. The van der Waals surface area contributed by atoms with E-state index in [-0.39, 0.29) is 0 Å². The second kappa shape index (κ2) is 13.4. The van der Waals surface area contributed by atoms with Crippen LogP contribution in [0, 0.1) is 11.8 Å². The number of allylic oxidation sites excluding steroid dienone is 2. The van der Waals surface area contributed by atoms with E-state index >= 15 is 0 Å². The van der Waals surface area contributed by atoms with Crippen molar-refractivity contribution in [2.75, 3.05) is 6.54 Å². The molecule has 0 amide bonds. The molecule has 2 nitrogen and oxygen atoms in total. The molecule has 0 aromatic heterocycles. The van der Waals surface area contributed by atoms with Gasteiger partial charge in [-0.3, -0.25) is 4.90 Å². The van der Waals surface area contributed by atoms with Gasteiger partial charge in [0.2, 0.25) is 0 Å². The first kappa shape index (κ1) is 17.9. The van der Waals surface area contributed by atoms with Crippen molar-refractivity contribution in [1.29, 1.82) is 5.26 Å². The van der Waals surface area contributed by atoms with Gasteiger partial charge in [-0.25, -0.2) is 0 Å². The number of quaternary nitrogens is 1. The zero-order valence-corrected chi connectivity index (χ0v) is 12.8. The smallest absolute Gasteiger partial charge is 0.102 e. The quantitative estimate of drug-likeness (QED) is 0.469. The topological polar surface area (TPSA) is 28.2 Å². The molecular weight excluding hydrogens is 232 g/mol. The molecule has 0 aliphatic carbocycles. The summed E-state index contributed by atoms with van der Waals surface area (Å²) in [5.41, 5.74) is 1.41. The molecule has 0 radical (unpaired) electrons. The molecule has 0 saturated carbocycles. The first-order valence-electron chi connectivity index (χ1n) is 7.77. The molecule has 1 atom stereocenters. The lowest BCUT2D eigenvalue weighted by molar-refractivity contribution is -0.788. The molecule has 0 saturated heterocycles. The summed E-state index contributed by atoms with van der Waals surface area (Å²) in [5.74, 6) is 0. The highest BCUT2D eigenvalue weighted by atomic mass is 15.1.